The molecule has 0 unspecified atom stereocenters. The number of nitrogens with zero attached hydrogens (tertiary/aromatic N) is 1. The number of para-hydroxylation sites is 1. The van der Waals surface area contributed by atoms with Crippen molar-refractivity contribution in [3.8, 4) is 0 Å². The first-order valence-electron chi connectivity index (χ1n) is 7.47. The summed E-state index contributed by atoms with van der Waals surface area (Å²) in [6.45, 7) is -0.0955. The highest BCUT2D eigenvalue weighted by molar-refractivity contribution is 7.98. The number of hydrogen-bond donors (Lipinski definition) is 1. The van der Waals surface area contributed by atoms with Gasteiger partial charge in [-0.15, -0.1) is 0 Å². The molecule has 0 fully saturated rings. The van der Waals surface area contributed by atoms with E-state index in [2.05, 4.69) is 5.32 Å². The Hall–Kier alpha value is -2.00. The molecule has 25 heavy (non-hydrogen) atoms. The second-order valence-corrected chi connectivity index (χ2v) is 8.21. The molecule has 1 aromatic carbocycles. The Morgan fingerprint density at radius 1 is 1.28 bits per heavy atom. The second-order valence-electron chi connectivity index (χ2n) is 5.20. The molecule has 6 nitrogen and oxygen atoms in total. The number of amides is 1. The predicted molar refractivity (Wildman–Crippen MR) is 96.5 cm³/mol. The van der Waals surface area contributed by atoms with E-state index in [0.29, 0.717) is 18.1 Å². The molecule has 2 rings (SSSR count). The number of benzene rings is 1. The van der Waals surface area contributed by atoms with Gasteiger partial charge in [0.05, 0.1) is 24.0 Å². The first kappa shape index (κ1) is 19.3. The SMILES string of the molecule is CS(=O)(=O)N(CC(=O)NCCSCc1ccco1)c1ccccc1F. The maximum Gasteiger partial charge on any atom is 0.240 e. The van der Waals surface area contributed by atoms with Crippen molar-refractivity contribution >= 4 is 33.4 Å². The van der Waals surface area contributed by atoms with E-state index >= 15 is 0 Å². The number of nitrogens with one attached hydrogen (secondary N) is 1. The summed E-state index contributed by atoms with van der Waals surface area (Å²) in [6.07, 6.45) is 2.53. The minimum Gasteiger partial charge on any atom is -0.468 e. The monoisotopic (exact) mass is 386 g/mol. The molecular weight excluding hydrogens is 367 g/mol. The fraction of sp³-hybridized carbons (Fsp3) is 0.312. The fourth-order valence-electron chi connectivity index (χ4n) is 2.05. The van der Waals surface area contributed by atoms with Crippen LogP contribution in [0.25, 0.3) is 0 Å². The van der Waals surface area contributed by atoms with Crippen LogP contribution in [0, 0.1) is 5.82 Å². The van der Waals surface area contributed by atoms with Gasteiger partial charge in [0.15, 0.2) is 0 Å². The summed E-state index contributed by atoms with van der Waals surface area (Å²) in [6, 6.07) is 9.11. The Bertz CT molecular complexity index is 794. The summed E-state index contributed by atoms with van der Waals surface area (Å²) in [5.74, 6) is 0.986. The van der Waals surface area contributed by atoms with Gasteiger partial charge in [0.2, 0.25) is 15.9 Å². The summed E-state index contributed by atoms with van der Waals surface area (Å²) in [5, 5.41) is 2.64. The van der Waals surface area contributed by atoms with Crippen molar-refractivity contribution in [1.29, 1.82) is 0 Å². The number of halogens is 1. The third-order valence-electron chi connectivity index (χ3n) is 3.20. The third kappa shape index (κ3) is 6.09. The summed E-state index contributed by atoms with van der Waals surface area (Å²) >= 11 is 1.58. The third-order valence-corrected chi connectivity index (χ3v) is 5.31. The van der Waals surface area contributed by atoms with Crippen molar-refractivity contribution in [3.05, 3.63) is 54.2 Å². The van der Waals surface area contributed by atoms with E-state index < -0.39 is 28.3 Å². The molecule has 0 atom stereocenters. The minimum absolute atomic E-state index is 0.146. The van der Waals surface area contributed by atoms with Crippen molar-refractivity contribution < 1.29 is 22.0 Å². The highest BCUT2D eigenvalue weighted by Gasteiger charge is 2.23. The van der Waals surface area contributed by atoms with Crippen LogP contribution in [-0.4, -0.2) is 39.4 Å². The molecule has 0 saturated carbocycles. The van der Waals surface area contributed by atoms with Crippen molar-refractivity contribution in [2.75, 3.05) is 29.4 Å². The quantitative estimate of drug-likeness (QED) is 0.669. The molecule has 0 bridgehead atoms. The number of furan rings is 1. The van der Waals surface area contributed by atoms with Crippen LogP contribution in [0.2, 0.25) is 0 Å². The van der Waals surface area contributed by atoms with E-state index in [1.54, 1.807) is 24.1 Å². The van der Waals surface area contributed by atoms with Gasteiger partial charge in [-0.1, -0.05) is 12.1 Å². The number of carbonyl (C=O) groups excluding carboxylic acids is 1. The molecular formula is C16H19FN2O4S2. The van der Waals surface area contributed by atoms with Crippen LogP contribution in [-0.2, 0) is 20.6 Å². The first-order valence-corrected chi connectivity index (χ1v) is 10.5. The Balaban J connectivity index is 1.84. The van der Waals surface area contributed by atoms with Gasteiger partial charge < -0.3 is 9.73 Å². The van der Waals surface area contributed by atoms with Crippen LogP contribution in [0.5, 0.6) is 0 Å². The number of sulfonamides is 1. The van der Waals surface area contributed by atoms with Crippen LogP contribution in [0.3, 0.4) is 0 Å². The molecule has 0 aliphatic rings. The second kappa shape index (κ2) is 8.91. The van der Waals surface area contributed by atoms with Gasteiger partial charge in [0.25, 0.3) is 0 Å². The fourth-order valence-corrected chi connectivity index (χ4v) is 3.66. The van der Waals surface area contributed by atoms with Gasteiger partial charge in [0.1, 0.15) is 18.1 Å². The molecule has 0 saturated heterocycles. The molecule has 136 valence electrons. The van der Waals surface area contributed by atoms with E-state index in [9.17, 15) is 17.6 Å². The lowest BCUT2D eigenvalue weighted by molar-refractivity contribution is -0.119. The largest absolute Gasteiger partial charge is 0.468 e. The zero-order valence-corrected chi connectivity index (χ0v) is 15.3. The summed E-state index contributed by atoms with van der Waals surface area (Å²) in [7, 11) is -3.79. The number of rotatable bonds is 9. The molecule has 9 heteroatoms. The van der Waals surface area contributed by atoms with Gasteiger partial charge >= 0.3 is 0 Å². The normalized spacial score (nSPS) is 11.3. The van der Waals surface area contributed by atoms with E-state index in [0.717, 1.165) is 22.4 Å². The van der Waals surface area contributed by atoms with Gasteiger partial charge in [-0.05, 0) is 24.3 Å². The molecule has 1 amide bonds. The van der Waals surface area contributed by atoms with Gasteiger partial charge in [-0.2, -0.15) is 11.8 Å². The van der Waals surface area contributed by atoms with Crippen molar-refractivity contribution in [2.24, 2.45) is 0 Å². The zero-order valence-electron chi connectivity index (χ0n) is 13.6. The Morgan fingerprint density at radius 2 is 2.04 bits per heavy atom. The van der Waals surface area contributed by atoms with Crippen LogP contribution < -0.4 is 9.62 Å². The molecule has 0 aliphatic heterocycles. The molecule has 0 spiro atoms. The van der Waals surface area contributed by atoms with Crippen LogP contribution in [0.1, 0.15) is 5.76 Å². The number of hydrogen-bond acceptors (Lipinski definition) is 5. The molecule has 0 radical (unpaired) electrons. The van der Waals surface area contributed by atoms with Gasteiger partial charge in [-0.3, -0.25) is 9.10 Å². The molecule has 1 aromatic heterocycles. The van der Waals surface area contributed by atoms with Crippen LogP contribution >= 0.6 is 11.8 Å². The lowest BCUT2D eigenvalue weighted by atomic mass is 10.3. The topological polar surface area (TPSA) is 79.6 Å². The van der Waals surface area contributed by atoms with E-state index in [1.165, 1.54) is 18.2 Å². The lowest BCUT2D eigenvalue weighted by Gasteiger charge is -2.22. The van der Waals surface area contributed by atoms with Gasteiger partial charge in [0, 0.05) is 12.3 Å². The number of thioether (sulfide) groups is 1. The Kier molecular flexibility index (Phi) is 6.89. The molecule has 0 aliphatic carbocycles. The minimum atomic E-state index is -3.79. The van der Waals surface area contributed by atoms with Gasteiger partial charge in [-0.25, -0.2) is 12.8 Å². The van der Waals surface area contributed by atoms with Crippen molar-refractivity contribution in [1.82, 2.24) is 5.32 Å². The standard InChI is InChI=1S/C16H19FN2O4S2/c1-25(21,22)19(15-7-3-2-6-14(15)17)11-16(20)18-8-10-24-12-13-5-4-9-23-13/h2-7,9H,8,10-12H2,1H3,(H,18,20). The highest BCUT2D eigenvalue weighted by atomic mass is 32.2. The Morgan fingerprint density at radius 3 is 2.68 bits per heavy atom. The van der Waals surface area contributed by atoms with Crippen molar-refractivity contribution in [2.45, 2.75) is 5.75 Å². The average Bonchev–Trinajstić information content (AvgIpc) is 3.05. The maximum atomic E-state index is 13.9. The van der Waals surface area contributed by atoms with Crippen LogP contribution in [0.15, 0.2) is 47.1 Å². The first-order chi connectivity index (χ1) is 11.9. The highest BCUT2D eigenvalue weighted by Crippen LogP contribution is 2.20. The maximum absolute atomic E-state index is 13.9. The molecule has 2 aromatic rings. The number of carbonyl (C=O) groups is 1. The molecule has 1 heterocycles. The summed E-state index contributed by atoms with van der Waals surface area (Å²) in [4.78, 5) is 12.0. The summed E-state index contributed by atoms with van der Waals surface area (Å²) in [5.41, 5.74) is -0.146. The smallest absolute Gasteiger partial charge is 0.240 e. The zero-order chi connectivity index (χ0) is 18.3. The average molecular weight is 386 g/mol. The van der Waals surface area contributed by atoms with E-state index in [1.807, 2.05) is 6.07 Å². The van der Waals surface area contributed by atoms with E-state index in [-0.39, 0.29) is 5.69 Å². The lowest BCUT2D eigenvalue weighted by Crippen LogP contribution is -2.41. The van der Waals surface area contributed by atoms with Crippen LogP contribution in [0.4, 0.5) is 10.1 Å². The number of anilines is 1. The van der Waals surface area contributed by atoms with E-state index in [4.69, 9.17) is 4.42 Å². The van der Waals surface area contributed by atoms with Crippen molar-refractivity contribution in [3.63, 3.8) is 0 Å². The Labute approximate surface area is 150 Å². The summed E-state index contributed by atoms with van der Waals surface area (Å²) < 4.78 is 43.6. The molecule has 1 N–H and O–H groups in total. The predicted octanol–water partition coefficient (Wildman–Crippen LogP) is 2.23.